The van der Waals surface area contributed by atoms with Crippen LogP contribution in [0.1, 0.15) is 44.9 Å². The topological polar surface area (TPSA) is 32.3 Å². The second kappa shape index (κ2) is 3.57. The maximum absolute atomic E-state index is 10.7. The third-order valence-corrected chi connectivity index (χ3v) is 3.94. The molecule has 0 radical (unpaired) electrons. The number of rotatable bonds is 1. The predicted octanol–water partition coefficient (Wildman–Crippen LogP) is 2.63. The van der Waals surface area contributed by atoms with Gasteiger partial charge in [-0.3, -0.25) is 0 Å². The highest BCUT2D eigenvalue weighted by molar-refractivity contribution is 5.36. The summed E-state index contributed by atoms with van der Waals surface area (Å²) in [5.41, 5.74) is 1.64. The van der Waals surface area contributed by atoms with Crippen LogP contribution in [0.25, 0.3) is 0 Å². The molecule has 0 saturated carbocycles. The highest BCUT2D eigenvalue weighted by atomic mass is 16.3. The van der Waals surface area contributed by atoms with Crippen molar-refractivity contribution < 1.29 is 5.11 Å². The van der Waals surface area contributed by atoms with Gasteiger partial charge in [-0.05, 0) is 23.5 Å². The van der Waals surface area contributed by atoms with E-state index in [-0.39, 0.29) is 11.5 Å². The van der Waals surface area contributed by atoms with Crippen LogP contribution in [0.3, 0.4) is 0 Å². The van der Waals surface area contributed by atoms with Crippen LogP contribution in [0.15, 0.2) is 24.3 Å². The van der Waals surface area contributed by atoms with Crippen LogP contribution in [0.4, 0.5) is 0 Å². The van der Waals surface area contributed by atoms with Crippen LogP contribution >= 0.6 is 0 Å². The lowest BCUT2D eigenvalue weighted by Gasteiger charge is -2.42. The number of nitrogens with one attached hydrogen (secondary N) is 1. The largest absolute Gasteiger partial charge is 0.388 e. The first-order valence-corrected chi connectivity index (χ1v) is 5.87. The molecule has 0 saturated heterocycles. The van der Waals surface area contributed by atoms with Gasteiger partial charge in [0.05, 0.1) is 11.6 Å². The Balaban J connectivity index is 2.39. The van der Waals surface area contributed by atoms with Crippen molar-refractivity contribution in [2.75, 3.05) is 0 Å². The number of fused-ring (bicyclic) bond motifs is 1. The highest BCUT2D eigenvalue weighted by Gasteiger charge is 2.45. The van der Waals surface area contributed by atoms with Crippen molar-refractivity contribution in [3.05, 3.63) is 35.4 Å². The molecule has 0 bridgehead atoms. The van der Waals surface area contributed by atoms with Crippen molar-refractivity contribution in [1.82, 2.24) is 5.32 Å². The molecule has 2 heteroatoms. The maximum atomic E-state index is 10.7. The predicted molar refractivity (Wildman–Crippen MR) is 66.1 cm³/mol. The zero-order valence-electron chi connectivity index (χ0n) is 10.5. The molecule has 1 aromatic rings. The summed E-state index contributed by atoms with van der Waals surface area (Å²) in [4.78, 5) is 0. The van der Waals surface area contributed by atoms with Gasteiger partial charge in [0.2, 0.25) is 0 Å². The van der Waals surface area contributed by atoms with Gasteiger partial charge in [-0.2, -0.15) is 0 Å². The van der Waals surface area contributed by atoms with Crippen LogP contribution in [0, 0.1) is 5.41 Å². The lowest BCUT2D eigenvalue weighted by molar-refractivity contribution is -0.0703. The zero-order chi connectivity index (χ0) is 12.0. The van der Waals surface area contributed by atoms with E-state index in [0.29, 0.717) is 0 Å². The SMILES string of the molecule is CC(C)(C)C(C)(O)C1NCc2ccccc21. The molecule has 2 atom stereocenters. The summed E-state index contributed by atoms with van der Waals surface area (Å²) < 4.78 is 0. The van der Waals surface area contributed by atoms with Crippen molar-refractivity contribution in [2.24, 2.45) is 5.41 Å². The molecule has 1 aromatic carbocycles. The van der Waals surface area contributed by atoms with E-state index in [9.17, 15) is 5.11 Å². The molecule has 0 aromatic heterocycles. The van der Waals surface area contributed by atoms with Crippen LogP contribution in [0.5, 0.6) is 0 Å². The minimum Gasteiger partial charge on any atom is -0.388 e. The van der Waals surface area contributed by atoms with Crippen molar-refractivity contribution in [3.8, 4) is 0 Å². The molecule has 0 spiro atoms. The van der Waals surface area contributed by atoms with Gasteiger partial charge in [-0.15, -0.1) is 0 Å². The molecule has 16 heavy (non-hydrogen) atoms. The van der Waals surface area contributed by atoms with Gasteiger partial charge in [0.25, 0.3) is 0 Å². The molecule has 2 nitrogen and oxygen atoms in total. The summed E-state index contributed by atoms with van der Waals surface area (Å²) in [6.45, 7) is 9.01. The molecule has 2 N–H and O–H groups in total. The summed E-state index contributed by atoms with van der Waals surface area (Å²) in [5.74, 6) is 0. The summed E-state index contributed by atoms with van der Waals surface area (Å²) in [6, 6.07) is 8.36. The molecule has 0 fully saturated rings. The van der Waals surface area contributed by atoms with E-state index in [0.717, 1.165) is 6.54 Å². The van der Waals surface area contributed by atoms with Crippen LogP contribution < -0.4 is 5.32 Å². The van der Waals surface area contributed by atoms with Gasteiger partial charge >= 0.3 is 0 Å². The van der Waals surface area contributed by atoms with E-state index in [1.54, 1.807) is 0 Å². The van der Waals surface area contributed by atoms with Gasteiger partial charge in [-0.1, -0.05) is 45.0 Å². The van der Waals surface area contributed by atoms with E-state index in [1.807, 2.05) is 13.0 Å². The Kier molecular flexibility index (Phi) is 2.59. The average Bonchev–Trinajstić information content (AvgIpc) is 2.59. The van der Waals surface area contributed by atoms with Crippen molar-refractivity contribution in [3.63, 3.8) is 0 Å². The third kappa shape index (κ3) is 1.66. The van der Waals surface area contributed by atoms with Gasteiger partial charge in [0, 0.05) is 6.54 Å². The molecule has 0 amide bonds. The van der Waals surface area contributed by atoms with Crippen molar-refractivity contribution in [2.45, 2.75) is 45.9 Å². The van der Waals surface area contributed by atoms with E-state index in [4.69, 9.17) is 0 Å². The summed E-state index contributed by atoms with van der Waals surface area (Å²) in [7, 11) is 0. The lowest BCUT2D eigenvalue weighted by Crippen LogP contribution is -2.48. The monoisotopic (exact) mass is 219 g/mol. The fourth-order valence-corrected chi connectivity index (χ4v) is 2.23. The smallest absolute Gasteiger partial charge is 0.0861 e. The zero-order valence-corrected chi connectivity index (χ0v) is 10.5. The maximum Gasteiger partial charge on any atom is 0.0861 e. The van der Waals surface area contributed by atoms with Crippen LogP contribution in [-0.2, 0) is 6.54 Å². The van der Waals surface area contributed by atoms with E-state index >= 15 is 0 Å². The first-order valence-electron chi connectivity index (χ1n) is 5.87. The first-order chi connectivity index (χ1) is 7.34. The molecule has 2 rings (SSSR count). The molecule has 88 valence electrons. The summed E-state index contributed by atoms with van der Waals surface area (Å²) in [6.07, 6.45) is 0. The van der Waals surface area contributed by atoms with Gasteiger partial charge < -0.3 is 10.4 Å². The standard InChI is InChI=1S/C14H21NO/c1-13(2,3)14(4,16)12-11-8-6-5-7-10(11)9-15-12/h5-8,12,15-16H,9H2,1-4H3. The molecule has 1 aliphatic heterocycles. The van der Waals surface area contributed by atoms with E-state index < -0.39 is 5.60 Å². The Morgan fingerprint density at radius 3 is 2.44 bits per heavy atom. The molecule has 0 aliphatic carbocycles. The van der Waals surface area contributed by atoms with Crippen molar-refractivity contribution in [1.29, 1.82) is 0 Å². The summed E-state index contributed by atoms with van der Waals surface area (Å²) in [5, 5.41) is 14.2. The van der Waals surface area contributed by atoms with E-state index in [1.165, 1.54) is 11.1 Å². The van der Waals surface area contributed by atoms with Gasteiger partial charge in [0.15, 0.2) is 0 Å². The third-order valence-electron chi connectivity index (χ3n) is 3.94. The molecular weight excluding hydrogens is 198 g/mol. The summed E-state index contributed by atoms with van der Waals surface area (Å²) >= 11 is 0. The molecular formula is C14H21NO. The Bertz CT molecular complexity index is 390. The van der Waals surface area contributed by atoms with Gasteiger partial charge in [0.1, 0.15) is 0 Å². The minimum absolute atomic E-state index is 0.0312. The lowest BCUT2D eigenvalue weighted by atomic mass is 9.71. The second-order valence-electron chi connectivity index (χ2n) is 5.91. The number of hydrogen-bond donors (Lipinski definition) is 2. The Morgan fingerprint density at radius 1 is 1.19 bits per heavy atom. The number of hydrogen-bond acceptors (Lipinski definition) is 2. The number of benzene rings is 1. The van der Waals surface area contributed by atoms with Gasteiger partial charge in [-0.25, -0.2) is 0 Å². The Hall–Kier alpha value is -0.860. The van der Waals surface area contributed by atoms with Crippen LogP contribution in [-0.4, -0.2) is 10.7 Å². The second-order valence-corrected chi connectivity index (χ2v) is 5.91. The molecule has 1 heterocycles. The average molecular weight is 219 g/mol. The molecule has 2 unspecified atom stereocenters. The quantitative estimate of drug-likeness (QED) is 0.761. The Morgan fingerprint density at radius 2 is 1.81 bits per heavy atom. The first kappa shape index (κ1) is 11.6. The minimum atomic E-state index is -0.750. The van der Waals surface area contributed by atoms with Crippen LogP contribution in [0.2, 0.25) is 0 Å². The Labute approximate surface area is 97.7 Å². The molecule has 1 aliphatic rings. The normalized spacial score (nSPS) is 23.9. The van der Waals surface area contributed by atoms with Crippen molar-refractivity contribution >= 4 is 0 Å². The fraction of sp³-hybridized carbons (Fsp3) is 0.571. The fourth-order valence-electron chi connectivity index (χ4n) is 2.23. The highest BCUT2D eigenvalue weighted by Crippen LogP contribution is 2.43. The van der Waals surface area contributed by atoms with E-state index in [2.05, 4.69) is 44.3 Å². The number of aliphatic hydroxyl groups is 1.